The van der Waals surface area contributed by atoms with Gasteiger partial charge in [-0.15, -0.1) is 0 Å². The summed E-state index contributed by atoms with van der Waals surface area (Å²) in [4.78, 5) is 40.9. The van der Waals surface area contributed by atoms with E-state index in [1.165, 1.54) is 7.11 Å². The van der Waals surface area contributed by atoms with Crippen LogP contribution in [-0.2, 0) is 19.1 Å². The molecule has 0 spiro atoms. The van der Waals surface area contributed by atoms with E-state index in [1.807, 2.05) is 0 Å². The Bertz CT molecular complexity index is 545. The summed E-state index contributed by atoms with van der Waals surface area (Å²) in [6.45, 7) is 8.76. The summed E-state index contributed by atoms with van der Waals surface area (Å²) >= 11 is 0. The van der Waals surface area contributed by atoms with Crippen molar-refractivity contribution in [1.29, 1.82) is 0 Å². The Balaban J connectivity index is 2.07. The first-order valence-electron chi connectivity index (χ1n) is 9.24. The fourth-order valence-electron chi connectivity index (χ4n) is 3.56. The summed E-state index contributed by atoms with van der Waals surface area (Å²) in [5.41, 5.74) is -0.644. The highest BCUT2D eigenvalue weighted by Crippen LogP contribution is 2.25. The predicted octanol–water partition coefficient (Wildman–Crippen LogP) is 1.14. The van der Waals surface area contributed by atoms with Crippen molar-refractivity contribution in [2.24, 2.45) is 0 Å². The zero-order valence-corrected chi connectivity index (χ0v) is 16.4. The van der Waals surface area contributed by atoms with Crippen LogP contribution < -0.4 is 5.32 Å². The van der Waals surface area contributed by atoms with E-state index in [-0.39, 0.29) is 11.9 Å². The number of nitrogens with zero attached hydrogens (tertiary/aromatic N) is 2. The van der Waals surface area contributed by atoms with Crippen LogP contribution in [0.15, 0.2) is 0 Å². The van der Waals surface area contributed by atoms with Gasteiger partial charge in [-0.05, 0) is 47.1 Å². The number of hydrogen-bond donors (Lipinski definition) is 1. The first-order valence-corrected chi connectivity index (χ1v) is 9.24. The lowest BCUT2D eigenvalue weighted by Crippen LogP contribution is -2.65. The summed E-state index contributed by atoms with van der Waals surface area (Å²) in [6.07, 6.45) is 2.59. The Kier molecular flexibility index (Phi) is 6.49. The molecule has 2 heterocycles. The van der Waals surface area contributed by atoms with Crippen molar-refractivity contribution in [1.82, 2.24) is 15.1 Å². The third kappa shape index (κ3) is 5.09. The number of carbonyl (C=O) groups is 3. The van der Waals surface area contributed by atoms with Gasteiger partial charge in [0.05, 0.1) is 7.11 Å². The van der Waals surface area contributed by atoms with Gasteiger partial charge in [0.1, 0.15) is 17.7 Å². The summed E-state index contributed by atoms with van der Waals surface area (Å²) < 4.78 is 10.1. The Morgan fingerprint density at radius 3 is 2.46 bits per heavy atom. The maximum atomic E-state index is 12.9. The van der Waals surface area contributed by atoms with Crippen LogP contribution in [0, 0.1) is 0 Å². The minimum absolute atomic E-state index is 0.252. The minimum atomic E-state index is -0.785. The summed E-state index contributed by atoms with van der Waals surface area (Å²) in [7, 11) is 1.33. The average molecular weight is 369 g/mol. The second-order valence-electron chi connectivity index (χ2n) is 8.04. The van der Waals surface area contributed by atoms with E-state index < -0.39 is 29.7 Å². The Labute approximate surface area is 155 Å². The van der Waals surface area contributed by atoms with Crippen molar-refractivity contribution in [2.75, 3.05) is 26.7 Å². The fraction of sp³-hybridized carbons (Fsp3) is 0.833. The van der Waals surface area contributed by atoms with Crippen LogP contribution >= 0.6 is 0 Å². The van der Waals surface area contributed by atoms with Gasteiger partial charge in [-0.1, -0.05) is 6.42 Å². The van der Waals surface area contributed by atoms with Crippen LogP contribution in [-0.4, -0.2) is 78.2 Å². The van der Waals surface area contributed by atoms with Crippen molar-refractivity contribution < 1.29 is 23.9 Å². The molecule has 2 rings (SSSR count). The highest BCUT2D eigenvalue weighted by Gasteiger charge is 2.42. The lowest BCUT2D eigenvalue weighted by Gasteiger charge is -2.47. The third-order valence-corrected chi connectivity index (χ3v) is 4.80. The molecule has 2 amide bonds. The Morgan fingerprint density at radius 1 is 1.15 bits per heavy atom. The van der Waals surface area contributed by atoms with Gasteiger partial charge >= 0.3 is 12.1 Å². The van der Waals surface area contributed by atoms with Crippen LogP contribution in [0.3, 0.4) is 0 Å². The number of piperazine rings is 1. The zero-order valence-electron chi connectivity index (χ0n) is 16.4. The summed E-state index contributed by atoms with van der Waals surface area (Å²) in [5.74, 6) is -0.719. The quantitative estimate of drug-likeness (QED) is 0.751. The number of methoxy groups -OCH3 is 1. The van der Waals surface area contributed by atoms with Gasteiger partial charge in [-0.2, -0.15) is 0 Å². The molecule has 2 aliphatic rings. The number of amides is 2. The molecule has 1 N–H and O–H groups in total. The van der Waals surface area contributed by atoms with Gasteiger partial charge in [0.25, 0.3) is 0 Å². The van der Waals surface area contributed by atoms with Crippen LogP contribution in [0.25, 0.3) is 0 Å². The van der Waals surface area contributed by atoms with Crippen molar-refractivity contribution in [3.8, 4) is 0 Å². The lowest BCUT2D eigenvalue weighted by molar-refractivity contribution is -0.159. The summed E-state index contributed by atoms with van der Waals surface area (Å²) in [6, 6.07) is -1.18. The number of rotatable bonds is 3. The molecule has 2 fully saturated rings. The number of alkyl carbamates (subject to hydrolysis) is 1. The zero-order chi connectivity index (χ0) is 19.5. The maximum absolute atomic E-state index is 12.9. The standard InChI is InChI=1S/C18H31N3O5/c1-12(19-17(24)26-18(2,3)4)15(22)21-10-13-8-6-7-9-20(13)11-14(21)16(23)25-5/h12-14H,6-11H2,1-5H3,(H,19,24)/t12-,13+,14-/m0/s1. The number of hydrogen-bond acceptors (Lipinski definition) is 6. The molecule has 26 heavy (non-hydrogen) atoms. The van der Waals surface area contributed by atoms with Crippen molar-refractivity contribution in [2.45, 2.75) is 70.7 Å². The van der Waals surface area contributed by atoms with Crippen molar-refractivity contribution in [3.05, 3.63) is 0 Å². The topological polar surface area (TPSA) is 88.2 Å². The number of esters is 1. The molecule has 8 nitrogen and oxygen atoms in total. The number of ether oxygens (including phenoxy) is 2. The molecule has 3 atom stereocenters. The Morgan fingerprint density at radius 2 is 1.85 bits per heavy atom. The van der Waals surface area contributed by atoms with Gasteiger partial charge < -0.3 is 19.7 Å². The van der Waals surface area contributed by atoms with E-state index >= 15 is 0 Å². The van der Waals surface area contributed by atoms with E-state index in [2.05, 4.69) is 10.2 Å². The first-order chi connectivity index (χ1) is 12.1. The predicted molar refractivity (Wildman–Crippen MR) is 95.6 cm³/mol. The summed E-state index contributed by atoms with van der Waals surface area (Å²) in [5, 5.41) is 2.56. The smallest absolute Gasteiger partial charge is 0.408 e. The van der Waals surface area contributed by atoms with Gasteiger partial charge in [-0.25, -0.2) is 9.59 Å². The first kappa shape index (κ1) is 20.5. The van der Waals surface area contributed by atoms with Crippen LogP contribution in [0.5, 0.6) is 0 Å². The normalized spacial score (nSPS) is 25.0. The molecule has 0 radical (unpaired) electrons. The highest BCUT2D eigenvalue weighted by atomic mass is 16.6. The minimum Gasteiger partial charge on any atom is -0.467 e. The number of nitrogens with one attached hydrogen (secondary N) is 1. The van der Waals surface area contributed by atoms with Gasteiger partial charge in [0, 0.05) is 19.1 Å². The molecule has 2 saturated heterocycles. The van der Waals surface area contributed by atoms with Gasteiger partial charge in [0.2, 0.25) is 5.91 Å². The van der Waals surface area contributed by atoms with E-state index in [0.717, 1.165) is 25.8 Å². The maximum Gasteiger partial charge on any atom is 0.408 e. The van der Waals surface area contributed by atoms with Crippen LogP contribution in [0.1, 0.15) is 47.0 Å². The van der Waals surface area contributed by atoms with Crippen LogP contribution in [0.2, 0.25) is 0 Å². The van der Waals surface area contributed by atoms with Gasteiger partial charge in [-0.3, -0.25) is 9.69 Å². The molecule has 0 saturated carbocycles. The van der Waals surface area contributed by atoms with Gasteiger partial charge in [0.15, 0.2) is 0 Å². The molecule has 148 valence electrons. The number of fused-ring (bicyclic) bond motifs is 1. The molecule has 0 aromatic rings. The molecule has 8 heteroatoms. The van der Waals surface area contributed by atoms with E-state index in [0.29, 0.717) is 13.1 Å². The van der Waals surface area contributed by atoms with Crippen molar-refractivity contribution in [3.63, 3.8) is 0 Å². The molecule has 0 aliphatic carbocycles. The average Bonchev–Trinajstić information content (AvgIpc) is 2.57. The monoisotopic (exact) mass is 369 g/mol. The molecule has 0 bridgehead atoms. The molecular weight excluding hydrogens is 338 g/mol. The second-order valence-corrected chi connectivity index (χ2v) is 8.04. The molecule has 2 aliphatic heterocycles. The number of piperidine rings is 1. The van der Waals surface area contributed by atoms with Crippen molar-refractivity contribution >= 4 is 18.0 Å². The number of carbonyl (C=O) groups excluding carboxylic acids is 3. The van der Waals surface area contributed by atoms with Crippen LogP contribution in [0.4, 0.5) is 4.79 Å². The van der Waals surface area contributed by atoms with E-state index in [4.69, 9.17) is 9.47 Å². The second kappa shape index (κ2) is 8.24. The van der Waals surface area contributed by atoms with E-state index in [9.17, 15) is 14.4 Å². The van der Waals surface area contributed by atoms with E-state index in [1.54, 1.807) is 32.6 Å². The lowest BCUT2D eigenvalue weighted by atomic mass is 9.96. The fourth-order valence-corrected chi connectivity index (χ4v) is 3.56. The highest BCUT2D eigenvalue weighted by molar-refractivity contribution is 5.89. The molecule has 0 aromatic heterocycles. The molecular formula is C18H31N3O5. The largest absolute Gasteiger partial charge is 0.467 e. The molecule has 0 unspecified atom stereocenters. The molecule has 0 aromatic carbocycles. The third-order valence-electron chi connectivity index (χ3n) is 4.80. The SMILES string of the molecule is COC(=O)[C@@H]1CN2CCCC[C@@H]2CN1C(=O)[C@H](C)NC(=O)OC(C)(C)C. The Hall–Kier alpha value is -1.83.